The van der Waals surface area contributed by atoms with E-state index in [0.29, 0.717) is 0 Å². The van der Waals surface area contributed by atoms with Crippen molar-refractivity contribution in [3.05, 3.63) is 166 Å². The van der Waals surface area contributed by atoms with Gasteiger partial charge < -0.3 is 4.74 Å². The number of hydrogen-bond donors (Lipinski definition) is 0. The van der Waals surface area contributed by atoms with E-state index in [1.807, 2.05) is 22.7 Å². The number of hydrogen-bond acceptors (Lipinski definition) is 5. The Morgan fingerprint density at radius 1 is 0.391 bits per heavy atom. The van der Waals surface area contributed by atoms with Gasteiger partial charge in [0.25, 0.3) is 0 Å². The van der Waals surface area contributed by atoms with Crippen LogP contribution in [0.2, 0.25) is 0 Å². The fraction of sp³-hybridized carbons (Fsp3) is 0.0244. The highest BCUT2D eigenvalue weighted by Gasteiger charge is 2.51. The Morgan fingerprint density at radius 3 is 1.65 bits per heavy atom. The highest BCUT2D eigenvalue weighted by Crippen LogP contribution is 2.63. The van der Waals surface area contributed by atoms with Gasteiger partial charge in [-0.05, 0) is 111 Å². The minimum Gasteiger partial charge on any atom is -0.457 e. The molecule has 0 bridgehead atoms. The molecule has 0 fully saturated rings. The zero-order chi connectivity index (χ0) is 30.2. The average Bonchev–Trinajstić information content (AvgIpc) is 3.94. The van der Waals surface area contributed by atoms with E-state index >= 15 is 0 Å². The number of fused-ring (bicyclic) bond motifs is 9. The first-order valence-corrected chi connectivity index (χ1v) is 18.6. The van der Waals surface area contributed by atoms with Crippen LogP contribution in [-0.4, -0.2) is 0 Å². The van der Waals surface area contributed by atoms with Gasteiger partial charge in [0.1, 0.15) is 11.5 Å². The van der Waals surface area contributed by atoms with E-state index in [4.69, 9.17) is 4.74 Å². The highest BCUT2D eigenvalue weighted by molar-refractivity contribution is 7.23. The first-order valence-electron chi connectivity index (χ1n) is 15.2. The van der Waals surface area contributed by atoms with Gasteiger partial charge in [-0.3, -0.25) is 0 Å². The molecule has 5 heterocycles. The predicted molar refractivity (Wildman–Crippen MR) is 197 cm³/mol. The minimum absolute atomic E-state index is 0.510. The summed E-state index contributed by atoms with van der Waals surface area (Å²) in [5.74, 6) is 1.84. The Morgan fingerprint density at radius 2 is 0.957 bits per heavy atom. The van der Waals surface area contributed by atoms with E-state index in [2.05, 4.69) is 144 Å². The van der Waals surface area contributed by atoms with Gasteiger partial charge in [0.2, 0.25) is 0 Å². The first kappa shape index (κ1) is 26.7. The van der Waals surface area contributed by atoms with Gasteiger partial charge in [-0.1, -0.05) is 66.7 Å². The van der Waals surface area contributed by atoms with Gasteiger partial charge in [-0.2, -0.15) is 0 Å². The first-order chi connectivity index (χ1) is 22.8. The molecule has 0 N–H and O–H groups in total. The molecule has 0 radical (unpaired) electrons. The van der Waals surface area contributed by atoms with Crippen LogP contribution in [-0.2, 0) is 5.41 Å². The lowest BCUT2D eigenvalue weighted by Gasteiger charge is -2.39. The highest BCUT2D eigenvalue weighted by atomic mass is 32.1. The molecule has 1 atom stereocenters. The molecule has 2 aliphatic rings. The Hall–Kier alpha value is -4.52. The fourth-order valence-corrected chi connectivity index (χ4v) is 11.0. The lowest BCUT2D eigenvalue weighted by Crippen LogP contribution is -2.32. The number of rotatable bonds is 4. The summed E-state index contributed by atoms with van der Waals surface area (Å²) < 4.78 is 6.72. The topological polar surface area (TPSA) is 9.23 Å². The molecule has 0 saturated heterocycles. The van der Waals surface area contributed by atoms with Crippen molar-refractivity contribution < 1.29 is 4.74 Å². The van der Waals surface area contributed by atoms with Crippen LogP contribution in [0.4, 0.5) is 0 Å². The van der Waals surface area contributed by atoms with Crippen molar-refractivity contribution in [2.75, 3.05) is 0 Å². The van der Waals surface area contributed by atoms with Crippen LogP contribution in [0.3, 0.4) is 0 Å². The summed E-state index contributed by atoms with van der Waals surface area (Å²) in [6.07, 6.45) is 0. The third-order valence-corrected chi connectivity index (χ3v) is 13.6. The van der Waals surface area contributed by atoms with E-state index in [-0.39, 0.29) is 0 Å². The van der Waals surface area contributed by atoms with Crippen molar-refractivity contribution in [3.63, 3.8) is 0 Å². The van der Waals surface area contributed by atoms with Gasteiger partial charge in [0.15, 0.2) is 0 Å². The summed E-state index contributed by atoms with van der Waals surface area (Å²) in [5.41, 5.74) is 9.56. The second kappa shape index (κ2) is 10.2. The Kier molecular flexibility index (Phi) is 5.94. The second-order valence-corrected chi connectivity index (χ2v) is 15.7. The van der Waals surface area contributed by atoms with Crippen molar-refractivity contribution in [1.29, 1.82) is 0 Å². The summed E-state index contributed by atoms with van der Waals surface area (Å²) in [4.78, 5) is 7.79. The van der Waals surface area contributed by atoms with Gasteiger partial charge in [-0.25, -0.2) is 0 Å². The number of ether oxygens (including phenoxy) is 1. The van der Waals surface area contributed by atoms with Crippen LogP contribution in [0.25, 0.3) is 51.5 Å². The van der Waals surface area contributed by atoms with Crippen LogP contribution in [0.15, 0.2) is 144 Å². The molecule has 1 spiro atoms. The summed E-state index contributed by atoms with van der Waals surface area (Å²) >= 11 is 7.31. The molecule has 218 valence electrons. The van der Waals surface area contributed by atoms with E-state index in [0.717, 1.165) is 11.5 Å². The van der Waals surface area contributed by atoms with Crippen LogP contribution < -0.4 is 4.74 Å². The maximum atomic E-state index is 6.72. The predicted octanol–water partition coefficient (Wildman–Crippen LogP) is 13.1. The molecule has 1 aliphatic heterocycles. The molecule has 46 heavy (non-hydrogen) atoms. The Labute approximate surface area is 283 Å². The lowest BCUT2D eigenvalue weighted by molar-refractivity contribution is 0.436. The molecule has 0 saturated carbocycles. The smallest absolute Gasteiger partial charge is 0.132 e. The van der Waals surface area contributed by atoms with Crippen molar-refractivity contribution in [3.8, 4) is 63.0 Å². The summed E-state index contributed by atoms with van der Waals surface area (Å²) in [7, 11) is 0. The largest absolute Gasteiger partial charge is 0.457 e. The van der Waals surface area contributed by atoms with Crippen LogP contribution >= 0.6 is 45.3 Å². The van der Waals surface area contributed by atoms with E-state index < -0.39 is 5.41 Å². The van der Waals surface area contributed by atoms with Gasteiger partial charge in [0.05, 0.1) is 5.41 Å². The third-order valence-electron chi connectivity index (χ3n) is 9.25. The molecule has 10 rings (SSSR count). The maximum Gasteiger partial charge on any atom is 0.132 e. The molecule has 1 unspecified atom stereocenters. The van der Waals surface area contributed by atoms with Gasteiger partial charge >= 0.3 is 0 Å². The van der Waals surface area contributed by atoms with Crippen LogP contribution in [0.1, 0.15) is 22.3 Å². The Balaban J connectivity index is 1.22. The van der Waals surface area contributed by atoms with Crippen molar-refractivity contribution in [1.82, 2.24) is 0 Å². The van der Waals surface area contributed by atoms with E-state index in [1.54, 1.807) is 22.7 Å². The fourth-order valence-electron chi connectivity index (χ4n) is 7.30. The number of para-hydroxylation sites is 1. The molecule has 4 aromatic carbocycles. The molecule has 1 nitrogen and oxygen atoms in total. The quantitative estimate of drug-likeness (QED) is 0.183. The third kappa shape index (κ3) is 3.83. The molecule has 8 aromatic rings. The molecule has 1 aliphatic carbocycles. The van der Waals surface area contributed by atoms with Crippen LogP contribution in [0.5, 0.6) is 11.5 Å². The van der Waals surface area contributed by atoms with Crippen molar-refractivity contribution in [2.45, 2.75) is 5.41 Å². The SMILES string of the molecule is c1csc(-c2ccc(-c3ccc4c(c3)C3(c5ccccc5O4)c4ccccc4-c4ccc(-c5ccc(-c6cccs6)s5)cc43)s2)c1. The zero-order valence-corrected chi connectivity index (χ0v) is 27.7. The summed E-state index contributed by atoms with van der Waals surface area (Å²) in [5, 5.41) is 4.30. The number of benzene rings is 4. The van der Waals surface area contributed by atoms with E-state index in [1.165, 1.54) is 73.8 Å². The monoisotopic (exact) mass is 660 g/mol. The molecular weight excluding hydrogens is 637 g/mol. The molecular formula is C41H24OS4. The normalized spacial score (nSPS) is 15.7. The second-order valence-electron chi connectivity index (χ2n) is 11.6. The molecule has 4 aromatic heterocycles. The molecule has 5 heteroatoms. The van der Waals surface area contributed by atoms with Crippen molar-refractivity contribution in [2.24, 2.45) is 0 Å². The number of thiophene rings is 4. The van der Waals surface area contributed by atoms with Gasteiger partial charge in [0, 0.05) is 40.4 Å². The standard InChI is InChI=1S/C41H24OS4/c1-2-8-29-27(7-1)28-15-13-25(35-17-19-39(45-35)37-11-5-21-43-37)23-31(28)41(29)30-9-3-4-10-33(30)42-34-16-14-26(24-32(34)41)36-18-20-40(46-36)38-12-6-22-44-38/h1-24H. The zero-order valence-electron chi connectivity index (χ0n) is 24.4. The average molecular weight is 661 g/mol. The van der Waals surface area contributed by atoms with Crippen LogP contribution in [0, 0.1) is 0 Å². The molecule has 0 amide bonds. The minimum atomic E-state index is -0.510. The Bertz CT molecular complexity index is 2410. The summed E-state index contributed by atoms with van der Waals surface area (Å²) in [6.45, 7) is 0. The van der Waals surface area contributed by atoms with Gasteiger partial charge in [-0.15, -0.1) is 45.3 Å². The van der Waals surface area contributed by atoms with Crippen molar-refractivity contribution >= 4 is 45.3 Å². The maximum absolute atomic E-state index is 6.72. The van der Waals surface area contributed by atoms with E-state index in [9.17, 15) is 0 Å². The lowest BCUT2D eigenvalue weighted by atomic mass is 9.65. The summed E-state index contributed by atoms with van der Waals surface area (Å²) in [6, 6.07) is 49.2.